The Morgan fingerprint density at radius 2 is 1.94 bits per heavy atom. The second-order valence-electron chi connectivity index (χ2n) is 7.44. The molecule has 2 N–H and O–H groups in total. The Balaban J connectivity index is 1.46. The van der Waals surface area contributed by atoms with Crippen molar-refractivity contribution in [1.29, 1.82) is 0 Å². The van der Waals surface area contributed by atoms with Gasteiger partial charge < -0.3 is 10.6 Å². The van der Waals surface area contributed by atoms with Crippen LogP contribution in [0, 0.1) is 0 Å². The molecule has 2 aromatic carbocycles. The number of thioether (sulfide) groups is 1. The van der Waals surface area contributed by atoms with Gasteiger partial charge in [-0.1, -0.05) is 65.8 Å². The lowest BCUT2D eigenvalue weighted by Crippen LogP contribution is -2.31. The normalized spacial score (nSPS) is 15.2. The van der Waals surface area contributed by atoms with Crippen molar-refractivity contribution in [2.24, 2.45) is 0 Å². The number of nitrogens with one attached hydrogen (secondary N) is 2. The number of halogens is 1. The summed E-state index contributed by atoms with van der Waals surface area (Å²) in [4.78, 5) is 19.1. The SMILES string of the molecule is CC1=C(C(=O)Nc2ccccc2)[C@@H](c2cccs2)n2nc(SCc3ccccc3Cl)nc2N1. The van der Waals surface area contributed by atoms with Gasteiger partial charge in [0.15, 0.2) is 0 Å². The molecule has 0 saturated heterocycles. The molecule has 0 aliphatic carbocycles. The van der Waals surface area contributed by atoms with E-state index in [1.54, 1.807) is 16.0 Å². The summed E-state index contributed by atoms with van der Waals surface area (Å²) < 4.78 is 1.80. The van der Waals surface area contributed by atoms with Gasteiger partial charge in [0.1, 0.15) is 6.04 Å². The average Bonchev–Trinajstić information content (AvgIpc) is 3.48. The first-order chi connectivity index (χ1) is 16.1. The third-order valence-corrected chi connectivity index (χ3v) is 7.42. The lowest BCUT2D eigenvalue weighted by atomic mass is 10.0. The number of anilines is 2. The summed E-state index contributed by atoms with van der Waals surface area (Å²) in [5.74, 6) is 1.10. The number of aromatic nitrogens is 3. The fourth-order valence-corrected chi connectivity index (χ4v) is 5.61. The Hall–Kier alpha value is -3.07. The molecule has 1 aliphatic rings. The monoisotopic (exact) mass is 493 g/mol. The molecule has 6 nitrogen and oxygen atoms in total. The van der Waals surface area contributed by atoms with E-state index in [0.29, 0.717) is 22.4 Å². The van der Waals surface area contributed by atoms with Gasteiger partial charge in [0.25, 0.3) is 5.91 Å². The average molecular weight is 494 g/mol. The minimum absolute atomic E-state index is 0.170. The van der Waals surface area contributed by atoms with Crippen molar-refractivity contribution in [3.63, 3.8) is 0 Å². The summed E-state index contributed by atoms with van der Waals surface area (Å²) >= 11 is 9.40. The van der Waals surface area contributed by atoms with Crippen molar-refractivity contribution >= 4 is 52.2 Å². The third kappa shape index (κ3) is 4.55. The van der Waals surface area contributed by atoms with Crippen molar-refractivity contribution in [3.8, 4) is 0 Å². The van der Waals surface area contributed by atoms with Crippen LogP contribution in [0.15, 0.2) is 88.5 Å². The molecule has 5 rings (SSSR count). The first-order valence-corrected chi connectivity index (χ1v) is 12.5. The first-order valence-electron chi connectivity index (χ1n) is 10.3. The van der Waals surface area contributed by atoms with Gasteiger partial charge in [-0.25, -0.2) is 4.68 Å². The zero-order valence-electron chi connectivity index (χ0n) is 17.7. The lowest BCUT2D eigenvalue weighted by molar-refractivity contribution is -0.113. The van der Waals surface area contributed by atoms with Crippen molar-refractivity contribution in [2.45, 2.75) is 23.9 Å². The Kier molecular flexibility index (Phi) is 6.22. The van der Waals surface area contributed by atoms with Gasteiger partial charge in [-0.3, -0.25) is 4.79 Å². The zero-order valence-corrected chi connectivity index (χ0v) is 20.0. The van der Waals surface area contributed by atoms with E-state index in [4.69, 9.17) is 16.7 Å². The number of para-hydroxylation sites is 1. The molecule has 1 atom stereocenters. The minimum Gasteiger partial charge on any atom is -0.328 e. The van der Waals surface area contributed by atoms with E-state index in [2.05, 4.69) is 15.6 Å². The molecule has 0 saturated carbocycles. The smallest absolute Gasteiger partial charge is 0.255 e. The van der Waals surface area contributed by atoms with Crippen molar-refractivity contribution in [3.05, 3.63) is 98.8 Å². The van der Waals surface area contributed by atoms with Gasteiger partial charge in [-0.2, -0.15) is 4.98 Å². The van der Waals surface area contributed by atoms with Gasteiger partial charge in [0, 0.05) is 27.0 Å². The summed E-state index contributed by atoms with van der Waals surface area (Å²) in [5, 5.41) is 14.4. The molecule has 166 valence electrons. The highest BCUT2D eigenvalue weighted by Gasteiger charge is 2.35. The van der Waals surface area contributed by atoms with Crippen molar-refractivity contribution < 1.29 is 4.79 Å². The van der Waals surface area contributed by atoms with Crippen LogP contribution < -0.4 is 10.6 Å². The number of allylic oxidation sites excluding steroid dienone is 1. The summed E-state index contributed by atoms with van der Waals surface area (Å²) in [6.07, 6.45) is 0. The molecule has 0 unspecified atom stereocenters. The van der Waals surface area contributed by atoms with Crippen LogP contribution in [-0.2, 0) is 10.5 Å². The Morgan fingerprint density at radius 1 is 1.15 bits per heavy atom. The Labute approximate surface area is 204 Å². The Morgan fingerprint density at radius 3 is 2.70 bits per heavy atom. The maximum Gasteiger partial charge on any atom is 0.255 e. The molecule has 1 aliphatic heterocycles. The molecule has 0 bridgehead atoms. The highest BCUT2D eigenvalue weighted by atomic mass is 35.5. The number of nitrogens with zero attached hydrogens (tertiary/aromatic N) is 3. The van der Waals surface area contributed by atoms with Crippen LogP contribution in [-0.4, -0.2) is 20.7 Å². The standard InChI is InChI=1S/C24H20ClN5OS2/c1-15-20(22(31)27-17-9-3-2-4-10-17)21(19-12-7-13-32-19)30-23(26-15)28-24(29-30)33-14-16-8-5-6-11-18(16)25/h2-13,21H,14H2,1H3,(H,27,31)(H,26,28,29)/t21-/m1/s1. The van der Waals surface area contributed by atoms with Crippen LogP contribution in [0.4, 0.5) is 11.6 Å². The molecular weight excluding hydrogens is 474 g/mol. The fraction of sp³-hybridized carbons (Fsp3) is 0.125. The first kappa shape index (κ1) is 21.8. The van der Waals surface area contributed by atoms with Crippen LogP contribution in [0.3, 0.4) is 0 Å². The van der Waals surface area contributed by atoms with E-state index in [-0.39, 0.29) is 11.9 Å². The molecule has 0 fully saturated rings. The number of thiophene rings is 1. The Bertz CT molecular complexity index is 1320. The molecule has 33 heavy (non-hydrogen) atoms. The molecule has 3 heterocycles. The number of benzene rings is 2. The maximum atomic E-state index is 13.4. The fourth-order valence-electron chi connectivity index (χ4n) is 3.67. The zero-order chi connectivity index (χ0) is 22.8. The molecule has 0 radical (unpaired) electrons. The number of rotatable bonds is 6. The lowest BCUT2D eigenvalue weighted by Gasteiger charge is -2.27. The number of hydrogen-bond donors (Lipinski definition) is 2. The topological polar surface area (TPSA) is 71.8 Å². The van der Waals surface area contributed by atoms with E-state index < -0.39 is 0 Å². The van der Waals surface area contributed by atoms with E-state index in [0.717, 1.165) is 26.8 Å². The summed E-state index contributed by atoms with van der Waals surface area (Å²) in [6.45, 7) is 1.90. The molecule has 1 amide bonds. The van der Waals surface area contributed by atoms with E-state index >= 15 is 0 Å². The van der Waals surface area contributed by atoms with E-state index in [1.807, 2.05) is 79.0 Å². The predicted octanol–water partition coefficient (Wildman–Crippen LogP) is 6.21. The van der Waals surface area contributed by atoms with Gasteiger partial charge in [0.05, 0.1) is 5.57 Å². The van der Waals surface area contributed by atoms with E-state index in [9.17, 15) is 4.79 Å². The second kappa shape index (κ2) is 9.43. The quantitative estimate of drug-likeness (QED) is 0.312. The van der Waals surface area contributed by atoms with E-state index in [1.165, 1.54) is 11.8 Å². The molecule has 9 heteroatoms. The van der Waals surface area contributed by atoms with Crippen LogP contribution >= 0.6 is 34.7 Å². The molecule has 2 aromatic heterocycles. The second-order valence-corrected chi connectivity index (χ2v) is 9.77. The summed E-state index contributed by atoms with van der Waals surface area (Å²) in [6, 6.07) is 20.8. The number of carbonyl (C=O) groups is 1. The number of hydrogen-bond acceptors (Lipinski definition) is 6. The highest BCUT2D eigenvalue weighted by molar-refractivity contribution is 7.98. The van der Waals surface area contributed by atoms with Crippen LogP contribution in [0.25, 0.3) is 0 Å². The third-order valence-electron chi connectivity index (χ3n) is 5.24. The van der Waals surface area contributed by atoms with Crippen LogP contribution in [0.1, 0.15) is 23.4 Å². The maximum absolute atomic E-state index is 13.4. The summed E-state index contributed by atoms with van der Waals surface area (Å²) in [7, 11) is 0. The number of fused-ring (bicyclic) bond motifs is 1. The van der Waals surface area contributed by atoms with Gasteiger partial charge in [-0.15, -0.1) is 16.4 Å². The molecular formula is C24H20ClN5OS2. The van der Waals surface area contributed by atoms with Gasteiger partial charge in [0.2, 0.25) is 11.1 Å². The van der Waals surface area contributed by atoms with Crippen LogP contribution in [0.5, 0.6) is 0 Å². The number of amides is 1. The van der Waals surface area contributed by atoms with Gasteiger partial charge in [-0.05, 0) is 42.1 Å². The van der Waals surface area contributed by atoms with Gasteiger partial charge >= 0.3 is 0 Å². The minimum atomic E-state index is -0.368. The summed E-state index contributed by atoms with van der Waals surface area (Å²) in [5.41, 5.74) is 3.13. The molecule has 4 aromatic rings. The van der Waals surface area contributed by atoms with Crippen molar-refractivity contribution in [1.82, 2.24) is 14.8 Å². The number of carbonyl (C=O) groups excluding carboxylic acids is 1. The predicted molar refractivity (Wildman–Crippen MR) is 135 cm³/mol. The van der Waals surface area contributed by atoms with Crippen molar-refractivity contribution in [2.75, 3.05) is 10.6 Å². The molecule has 0 spiro atoms. The highest BCUT2D eigenvalue weighted by Crippen LogP contribution is 2.38. The van der Waals surface area contributed by atoms with Crippen LogP contribution in [0.2, 0.25) is 5.02 Å². The largest absolute Gasteiger partial charge is 0.328 e.